The van der Waals surface area contributed by atoms with Crippen LogP contribution in [0.2, 0.25) is 0 Å². The van der Waals surface area contributed by atoms with Gasteiger partial charge in [0.2, 0.25) is 15.9 Å². The zero-order chi connectivity index (χ0) is 24.9. The van der Waals surface area contributed by atoms with Gasteiger partial charge in [-0.05, 0) is 36.8 Å². The number of nitrogens with zero attached hydrogens (tertiary/aromatic N) is 2. The number of rotatable bonds is 9. The molecule has 34 heavy (non-hydrogen) atoms. The van der Waals surface area contributed by atoms with Gasteiger partial charge in [0, 0.05) is 12.1 Å². The number of hydrogen-bond donors (Lipinski definition) is 2. The van der Waals surface area contributed by atoms with Crippen molar-refractivity contribution >= 4 is 38.9 Å². The lowest BCUT2D eigenvalue weighted by Crippen LogP contribution is -2.38. The van der Waals surface area contributed by atoms with Crippen LogP contribution in [0.25, 0.3) is 0 Å². The van der Waals surface area contributed by atoms with E-state index in [1.165, 1.54) is 30.5 Å². The molecule has 0 saturated heterocycles. The van der Waals surface area contributed by atoms with Crippen molar-refractivity contribution in [2.75, 3.05) is 22.4 Å². The third-order valence-electron chi connectivity index (χ3n) is 4.81. The third-order valence-corrected chi connectivity index (χ3v) is 5.94. The van der Waals surface area contributed by atoms with Crippen LogP contribution in [0.3, 0.4) is 0 Å². The van der Waals surface area contributed by atoms with Gasteiger partial charge in [0.25, 0.3) is 11.6 Å². The highest BCUT2D eigenvalue weighted by Crippen LogP contribution is 2.27. The number of para-hydroxylation sites is 1. The first-order chi connectivity index (χ1) is 16.1. The first-order valence-corrected chi connectivity index (χ1v) is 11.8. The van der Waals surface area contributed by atoms with E-state index in [-0.39, 0.29) is 29.2 Å². The Kier molecular flexibility index (Phi) is 7.31. The van der Waals surface area contributed by atoms with Gasteiger partial charge >= 0.3 is 0 Å². The van der Waals surface area contributed by atoms with Crippen LogP contribution in [0.5, 0.6) is 0 Å². The van der Waals surface area contributed by atoms with Crippen molar-refractivity contribution in [1.29, 1.82) is 0 Å². The van der Waals surface area contributed by atoms with Crippen molar-refractivity contribution in [3.8, 4) is 0 Å². The van der Waals surface area contributed by atoms with E-state index in [0.29, 0.717) is 11.3 Å². The minimum atomic E-state index is -3.97. The lowest BCUT2D eigenvalue weighted by Gasteiger charge is -2.23. The zero-order valence-electron chi connectivity index (χ0n) is 18.3. The minimum absolute atomic E-state index is 0.0105. The first-order valence-electron chi connectivity index (χ1n) is 9.98. The van der Waals surface area contributed by atoms with Crippen molar-refractivity contribution in [1.82, 2.24) is 5.32 Å². The number of sulfonamides is 1. The molecule has 178 valence electrons. The average molecular weight is 487 g/mol. The largest absolute Gasteiger partial charge is 0.467 e. The van der Waals surface area contributed by atoms with Gasteiger partial charge in [-0.25, -0.2) is 8.42 Å². The number of nitro groups is 1. The SMILES string of the molecule is Cc1ccc([N+](=O)[O-])cc1N(CC(=O)Nc1ccccc1C(=O)NCc1ccco1)S(C)(=O)=O. The minimum Gasteiger partial charge on any atom is -0.467 e. The van der Waals surface area contributed by atoms with Crippen LogP contribution in [0.1, 0.15) is 21.7 Å². The average Bonchev–Trinajstić information content (AvgIpc) is 3.29. The summed E-state index contributed by atoms with van der Waals surface area (Å²) in [4.78, 5) is 35.9. The van der Waals surface area contributed by atoms with Crippen molar-refractivity contribution in [3.63, 3.8) is 0 Å². The predicted molar refractivity (Wildman–Crippen MR) is 125 cm³/mol. The smallest absolute Gasteiger partial charge is 0.271 e. The van der Waals surface area contributed by atoms with Crippen LogP contribution in [-0.2, 0) is 21.4 Å². The summed E-state index contributed by atoms with van der Waals surface area (Å²) in [6, 6.07) is 13.4. The number of furan rings is 1. The summed E-state index contributed by atoms with van der Waals surface area (Å²) in [5, 5.41) is 16.4. The van der Waals surface area contributed by atoms with E-state index in [4.69, 9.17) is 4.42 Å². The van der Waals surface area contributed by atoms with Crippen LogP contribution in [0.15, 0.2) is 65.3 Å². The molecule has 0 fully saturated rings. The standard InChI is InChI=1S/C22H22N4O7S/c1-15-9-10-16(26(29)30)12-20(15)25(34(2,31)32)14-21(27)24-19-8-4-3-7-18(19)22(28)23-13-17-6-5-11-33-17/h3-12H,13-14H2,1-2H3,(H,23,28)(H,24,27). The second-order valence-corrected chi connectivity index (χ2v) is 9.26. The Morgan fingerprint density at radius 3 is 2.50 bits per heavy atom. The summed E-state index contributed by atoms with van der Waals surface area (Å²) < 4.78 is 30.8. The van der Waals surface area contributed by atoms with Gasteiger partial charge in [-0.15, -0.1) is 0 Å². The summed E-state index contributed by atoms with van der Waals surface area (Å²) >= 11 is 0. The molecule has 0 bridgehead atoms. The fourth-order valence-electron chi connectivity index (χ4n) is 3.15. The molecule has 3 aromatic rings. The van der Waals surface area contributed by atoms with E-state index in [1.807, 2.05) is 0 Å². The molecule has 1 heterocycles. The molecule has 2 aromatic carbocycles. The molecular formula is C22H22N4O7S. The maximum Gasteiger partial charge on any atom is 0.271 e. The van der Waals surface area contributed by atoms with Gasteiger partial charge in [-0.1, -0.05) is 18.2 Å². The number of anilines is 2. The van der Waals surface area contributed by atoms with Crippen molar-refractivity contribution < 1.29 is 27.3 Å². The molecule has 0 unspecified atom stereocenters. The second-order valence-electron chi connectivity index (χ2n) is 7.35. The van der Waals surface area contributed by atoms with E-state index < -0.39 is 33.3 Å². The van der Waals surface area contributed by atoms with E-state index in [1.54, 1.807) is 31.2 Å². The van der Waals surface area contributed by atoms with Crippen molar-refractivity contribution in [2.24, 2.45) is 0 Å². The van der Waals surface area contributed by atoms with E-state index >= 15 is 0 Å². The van der Waals surface area contributed by atoms with Crippen molar-refractivity contribution in [2.45, 2.75) is 13.5 Å². The number of nitro benzene ring substituents is 1. The van der Waals surface area contributed by atoms with Gasteiger partial charge in [0.1, 0.15) is 12.3 Å². The summed E-state index contributed by atoms with van der Waals surface area (Å²) in [5.41, 5.74) is 0.472. The van der Waals surface area contributed by atoms with Gasteiger partial charge < -0.3 is 15.1 Å². The lowest BCUT2D eigenvalue weighted by molar-refractivity contribution is -0.384. The highest BCUT2D eigenvalue weighted by molar-refractivity contribution is 7.92. The van der Waals surface area contributed by atoms with Crippen molar-refractivity contribution in [3.05, 3.63) is 87.9 Å². The summed E-state index contributed by atoms with van der Waals surface area (Å²) in [6.45, 7) is 1.07. The topological polar surface area (TPSA) is 152 Å². The Morgan fingerprint density at radius 2 is 1.85 bits per heavy atom. The highest BCUT2D eigenvalue weighted by Gasteiger charge is 2.25. The number of hydrogen-bond acceptors (Lipinski definition) is 7. The Hall–Kier alpha value is -4.19. The maximum absolute atomic E-state index is 12.8. The molecule has 3 rings (SSSR count). The van der Waals surface area contributed by atoms with Gasteiger partial charge in [0.05, 0.1) is 40.9 Å². The molecule has 12 heteroatoms. The molecule has 1 aromatic heterocycles. The van der Waals surface area contributed by atoms with Crippen LogP contribution < -0.4 is 14.9 Å². The number of benzene rings is 2. The molecule has 0 saturated carbocycles. The van der Waals surface area contributed by atoms with Gasteiger partial charge in [-0.2, -0.15) is 0 Å². The van der Waals surface area contributed by atoms with Crippen LogP contribution in [0, 0.1) is 17.0 Å². The predicted octanol–water partition coefficient (Wildman–Crippen LogP) is 2.83. The molecule has 0 atom stereocenters. The molecule has 0 radical (unpaired) electrons. The summed E-state index contributed by atoms with van der Waals surface area (Å²) in [5.74, 6) is -0.657. The molecule has 2 amide bonds. The van der Waals surface area contributed by atoms with E-state index in [0.717, 1.165) is 16.6 Å². The molecule has 0 spiro atoms. The Labute approximate surface area is 195 Å². The normalized spacial score (nSPS) is 11.0. The Morgan fingerprint density at radius 1 is 1.12 bits per heavy atom. The summed E-state index contributed by atoms with van der Waals surface area (Å²) in [7, 11) is -3.97. The Balaban J connectivity index is 1.80. The quantitative estimate of drug-likeness (QED) is 0.348. The lowest BCUT2D eigenvalue weighted by atomic mass is 10.1. The number of amides is 2. The fourth-order valence-corrected chi connectivity index (χ4v) is 4.05. The zero-order valence-corrected chi connectivity index (χ0v) is 19.2. The van der Waals surface area contributed by atoms with Crippen LogP contribution in [0.4, 0.5) is 17.1 Å². The second kappa shape index (κ2) is 10.2. The number of nitrogens with one attached hydrogen (secondary N) is 2. The monoisotopic (exact) mass is 486 g/mol. The van der Waals surface area contributed by atoms with E-state index in [9.17, 15) is 28.1 Å². The molecule has 0 aliphatic carbocycles. The maximum atomic E-state index is 12.8. The number of carbonyl (C=O) groups is 2. The van der Waals surface area contributed by atoms with Gasteiger partial charge in [-0.3, -0.25) is 24.0 Å². The van der Waals surface area contributed by atoms with Gasteiger partial charge in [0.15, 0.2) is 0 Å². The summed E-state index contributed by atoms with van der Waals surface area (Å²) in [6.07, 6.45) is 2.38. The molecule has 0 aliphatic rings. The molecule has 11 nitrogen and oxygen atoms in total. The third kappa shape index (κ3) is 5.98. The highest BCUT2D eigenvalue weighted by atomic mass is 32.2. The van der Waals surface area contributed by atoms with Crippen LogP contribution in [-0.4, -0.2) is 38.0 Å². The van der Waals surface area contributed by atoms with Crippen LogP contribution >= 0.6 is 0 Å². The number of carbonyl (C=O) groups excluding carboxylic acids is 2. The number of aryl methyl sites for hydroxylation is 1. The molecular weight excluding hydrogens is 464 g/mol. The number of non-ortho nitro benzene ring substituents is 1. The molecule has 2 N–H and O–H groups in total. The molecule has 0 aliphatic heterocycles. The van der Waals surface area contributed by atoms with E-state index in [2.05, 4.69) is 10.6 Å². The fraction of sp³-hybridized carbons (Fsp3) is 0.182. The first kappa shape index (κ1) is 24.5. The Bertz CT molecular complexity index is 1320.